The summed E-state index contributed by atoms with van der Waals surface area (Å²) < 4.78 is 24.5. The van der Waals surface area contributed by atoms with Crippen LogP contribution in [-0.2, 0) is 6.61 Å². The van der Waals surface area contributed by atoms with Crippen LogP contribution in [0.5, 0.6) is 11.5 Å². The minimum Gasteiger partial charge on any atom is -0.496 e. The zero-order valence-corrected chi connectivity index (χ0v) is 15.4. The zero-order valence-electron chi connectivity index (χ0n) is 15.4. The molecule has 0 aliphatic carbocycles. The van der Waals surface area contributed by atoms with Crippen molar-refractivity contribution in [1.29, 1.82) is 0 Å². The first-order valence-corrected chi connectivity index (χ1v) is 8.89. The van der Waals surface area contributed by atoms with Crippen molar-refractivity contribution in [2.45, 2.75) is 6.61 Å². The number of methoxy groups -OCH3 is 1. The molecule has 140 valence electrons. The number of hydrogen-bond acceptors (Lipinski definition) is 3. The van der Waals surface area contributed by atoms with Crippen LogP contribution in [0, 0.1) is 5.82 Å². The van der Waals surface area contributed by atoms with Crippen LogP contribution in [0.2, 0.25) is 0 Å². The molecule has 28 heavy (non-hydrogen) atoms. The third kappa shape index (κ3) is 3.88. The van der Waals surface area contributed by atoms with Crippen molar-refractivity contribution in [3.05, 3.63) is 90.4 Å². The molecule has 0 radical (unpaired) electrons. The van der Waals surface area contributed by atoms with Crippen LogP contribution in [0.25, 0.3) is 22.6 Å². The summed E-state index contributed by atoms with van der Waals surface area (Å²) in [6.45, 7) is 0.487. The second kappa shape index (κ2) is 7.96. The van der Waals surface area contributed by atoms with E-state index in [0.717, 1.165) is 28.1 Å². The molecule has 1 heterocycles. The molecule has 0 bridgehead atoms. The van der Waals surface area contributed by atoms with Crippen LogP contribution in [0.1, 0.15) is 5.56 Å². The summed E-state index contributed by atoms with van der Waals surface area (Å²) in [7, 11) is 1.62. The maximum atomic E-state index is 13.1. The number of aromatic nitrogens is 2. The molecule has 1 N–H and O–H groups in total. The lowest BCUT2D eigenvalue weighted by atomic mass is 10.1. The molecule has 0 unspecified atom stereocenters. The van der Waals surface area contributed by atoms with Crippen molar-refractivity contribution >= 4 is 0 Å². The quantitative estimate of drug-likeness (QED) is 0.487. The van der Waals surface area contributed by atoms with Crippen LogP contribution in [-0.4, -0.2) is 17.1 Å². The number of aromatic amines is 1. The molecular formula is C23H19FN2O2. The summed E-state index contributed by atoms with van der Waals surface area (Å²) >= 11 is 0. The third-order valence-corrected chi connectivity index (χ3v) is 4.39. The summed E-state index contributed by atoms with van der Waals surface area (Å²) in [4.78, 5) is 7.75. The highest BCUT2D eigenvalue weighted by molar-refractivity contribution is 5.70. The van der Waals surface area contributed by atoms with Gasteiger partial charge in [0.25, 0.3) is 0 Å². The number of H-pyrrole nitrogens is 1. The second-order valence-corrected chi connectivity index (χ2v) is 6.28. The molecule has 4 nitrogen and oxygen atoms in total. The predicted molar refractivity (Wildman–Crippen MR) is 107 cm³/mol. The first-order chi connectivity index (χ1) is 13.7. The van der Waals surface area contributed by atoms with Crippen molar-refractivity contribution in [1.82, 2.24) is 9.97 Å². The van der Waals surface area contributed by atoms with E-state index in [0.29, 0.717) is 18.2 Å². The van der Waals surface area contributed by atoms with E-state index in [-0.39, 0.29) is 5.82 Å². The fourth-order valence-corrected chi connectivity index (χ4v) is 2.93. The maximum absolute atomic E-state index is 13.1. The van der Waals surface area contributed by atoms with Gasteiger partial charge in [-0.3, -0.25) is 0 Å². The average molecular weight is 374 g/mol. The molecule has 4 aromatic rings. The minimum absolute atomic E-state index is 0.275. The molecule has 3 aromatic carbocycles. The largest absolute Gasteiger partial charge is 0.496 e. The Morgan fingerprint density at radius 1 is 0.964 bits per heavy atom. The van der Waals surface area contributed by atoms with E-state index in [4.69, 9.17) is 9.47 Å². The fourth-order valence-electron chi connectivity index (χ4n) is 2.93. The highest BCUT2D eigenvalue weighted by Gasteiger charge is 2.12. The number of benzene rings is 3. The van der Waals surface area contributed by atoms with Crippen LogP contribution in [0.15, 0.2) is 79.0 Å². The molecule has 4 rings (SSSR count). The van der Waals surface area contributed by atoms with Gasteiger partial charge in [-0.05, 0) is 42.0 Å². The van der Waals surface area contributed by atoms with Gasteiger partial charge < -0.3 is 14.5 Å². The number of rotatable bonds is 6. The monoisotopic (exact) mass is 374 g/mol. The van der Waals surface area contributed by atoms with Gasteiger partial charge >= 0.3 is 0 Å². The third-order valence-electron chi connectivity index (χ3n) is 4.39. The molecular weight excluding hydrogens is 355 g/mol. The van der Waals surface area contributed by atoms with Crippen LogP contribution in [0.4, 0.5) is 4.39 Å². The molecule has 0 fully saturated rings. The van der Waals surface area contributed by atoms with E-state index >= 15 is 0 Å². The van der Waals surface area contributed by atoms with Gasteiger partial charge in [0, 0.05) is 23.4 Å². The van der Waals surface area contributed by atoms with E-state index < -0.39 is 0 Å². The van der Waals surface area contributed by atoms with Crippen molar-refractivity contribution in [3.8, 4) is 34.1 Å². The number of halogens is 1. The summed E-state index contributed by atoms with van der Waals surface area (Å²) in [6, 6.07) is 21.9. The van der Waals surface area contributed by atoms with Crippen molar-refractivity contribution < 1.29 is 13.9 Å². The first-order valence-electron chi connectivity index (χ1n) is 8.89. The van der Waals surface area contributed by atoms with E-state index in [9.17, 15) is 4.39 Å². The summed E-state index contributed by atoms with van der Waals surface area (Å²) in [5.41, 5.74) is 3.50. The Morgan fingerprint density at radius 2 is 1.75 bits per heavy atom. The SMILES string of the molecule is COc1cc(OCc2ccccc2)ccc1-c1c[nH]c(-c2ccc(F)cc2)n1. The van der Waals surface area contributed by atoms with Gasteiger partial charge in [-0.2, -0.15) is 0 Å². The van der Waals surface area contributed by atoms with Gasteiger partial charge in [-0.15, -0.1) is 0 Å². The normalized spacial score (nSPS) is 10.6. The Labute approximate surface area is 162 Å². The topological polar surface area (TPSA) is 47.1 Å². The summed E-state index contributed by atoms with van der Waals surface area (Å²) in [6.07, 6.45) is 1.81. The fraction of sp³-hybridized carbons (Fsp3) is 0.0870. The number of nitrogens with zero attached hydrogens (tertiary/aromatic N) is 1. The predicted octanol–water partition coefficient (Wildman–Crippen LogP) is 5.47. The van der Waals surface area contributed by atoms with E-state index in [1.54, 1.807) is 25.4 Å². The molecule has 1 aromatic heterocycles. The standard InChI is InChI=1S/C23H19FN2O2/c1-27-22-13-19(28-15-16-5-3-2-4-6-16)11-12-20(22)21-14-25-23(26-21)17-7-9-18(24)10-8-17/h2-14H,15H2,1H3,(H,25,26). The van der Waals surface area contributed by atoms with E-state index in [2.05, 4.69) is 9.97 Å². The maximum Gasteiger partial charge on any atom is 0.138 e. The Morgan fingerprint density at radius 3 is 2.50 bits per heavy atom. The van der Waals surface area contributed by atoms with Crippen LogP contribution < -0.4 is 9.47 Å². The molecule has 0 saturated carbocycles. The molecule has 0 aliphatic heterocycles. The van der Waals surface area contributed by atoms with Gasteiger partial charge in [-0.1, -0.05) is 30.3 Å². The lowest BCUT2D eigenvalue weighted by Gasteiger charge is -2.11. The molecule has 0 saturated heterocycles. The highest BCUT2D eigenvalue weighted by atomic mass is 19.1. The van der Waals surface area contributed by atoms with Crippen molar-refractivity contribution in [3.63, 3.8) is 0 Å². The molecule has 0 amide bonds. The lowest BCUT2D eigenvalue weighted by Crippen LogP contribution is -1.96. The van der Waals surface area contributed by atoms with E-state index in [1.165, 1.54) is 12.1 Å². The summed E-state index contributed by atoms with van der Waals surface area (Å²) in [5, 5.41) is 0. The van der Waals surface area contributed by atoms with Crippen molar-refractivity contribution in [2.75, 3.05) is 7.11 Å². The van der Waals surface area contributed by atoms with Gasteiger partial charge in [0.2, 0.25) is 0 Å². The molecule has 0 atom stereocenters. The molecule has 5 heteroatoms. The number of hydrogen-bond donors (Lipinski definition) is 1. The van der Waals surface area contributed by atoms with Gasteiger partial charge in [0.15, 0.2) is 0 Å². The zero-order chi connectivity index (χ0) is 19.3. The average Bonchev–Trinajstić information content (AvgIpc) is 3.23. The second-order valence-electron chi connectivity index (χ2n) is 6.28. The summed E-state index contributed by atoms with van der Waals surface area (Å²) in [5.74, 6) is 1.78. The first kappa shape index (κ1) is 17.8. The number of ether oxygens (including phenoxy) is 2. The Balaban J connectivity index is 1.55. The van der Waals surface area contributed by atoms with Gasteiger partial charge in [0.1, 0.15) is 29.7 Å². The molecule has 0 spiro atoms. The van der Waals surface area contributed by atoms with Gasteiger partial charge in [0.05, 0.1) is 12.8 Å². The Kier molecular flexibility index (Phi) is 5.06. The number of nitrogens with one attached hydrogen (secondary N) is 1. The van der Waals surface area contributed by atoms with Gasteiger partial charge in [-0.25, -0.2) is 9.37 Å². The lowest BCUT2D eigenvalue weighted by molar-refractivity contribution is 0.304. The highest BCUT2D eigenvalue weighted by Crippen LogP contribution is 2.33. The van der Waals surface area contributed by atoms with E-state index in [1.807, 2.05) is 48.5 Å². The Bertz CT molecular complexity index is 1060. The van der Waals surface area contributed by atoms with Crippen molar-refractivity contribution in [2.24, 2.45) is 0 Å². The smallest absolute Gasteiger partial charge is 0.138 e. The molecule has 0 aliphatic rings. The number of imidazole rings is 1. The van der Waals surface area contributed by atoms with Crippen LogP contribution in [0.3, 0.4) is 0 Å². The Hall–Kier alpha value is -3.60. The van der Waals surface area contributed by atoms with Crippen LogP contribution >= 0.6 is 0 Å². The minimum atomic E-state index is -0.275.